The van der Waals surface area contributed by atoms with Crippen molar-refractivity contribution in [2.45, 2.75) is 19.3 Å². The van der Waals surface area contributed by atoms with Crippen LogP contribution in [-0.2, 0) is 5.41 Å². The summed E-state index contributed by atoms with van der Waals surface area (Å²) in [5, 5.41) is 10.2. The van der Waals surface area contributed by atoms with Gasteiger partial charge in [-0.1, -0.05) is 178 Å². The van der Waals surface area contributed by atoms with Gasteiger partial charge in [-0.05, 0) is 118 Å². The van der Waals surface area contributed by atoms with Gasteiger partial charge in [0.25, 0.3) is 0 Å². The van der Waals surface area contributed by atoms with E-state index >= 15 is 0 Å². The van der Waals surface area contributed by atoms with E-state index in [1.807, 2.05) is 0 Å². The molecule has 11 rings (SSSR count). The summed E-state index contributed by atoms with van der Waals surface area (Å²) in [6.07, 6.45) is 0. The fourth-order valence-corrected chi connectivity index (χ4v) is 9.53. The first-order chi connectivity index (χ1) is 27.5. The minimum absolute atomic E-state index is 0.120. The summed E-state index contributed by atoms with van der Waals surface area (Å²) in [5.41, 5.74) is 13.5. The van der Waals surface area contributed by atoms with E-state index in [0.717, 1.165) is 17.1 Å². The van der Waals surface area contributed by atoms with Crippen molar-refractivity contribution in [1.29, 1.82) is 0 Å². The Labute approximate surface area is 327 Å². The lowest BCUT2D eigenvalue weighted by atomic mass is 9.82. The molecule has 0 radical (unpaired) electrons. The van der Waals surface area contributed by atoms with Gasteiger partial charge in [-0.2, -0.15) is 0 Å². The molecule has 1 aliphatic carbocycles. The van der Waals surface area contributed by atoms with Gasteiger partial charge in [0.15, 0.2) is 0 Å². The number of benzene rings is 10. The lowest BCUT2D eigenvalue weighted by Gasteiger charge is -2.30. The highest BCUT2D eigenvalue weighted by Gasteiger charge is 2.36. The Morgan fingerprint density at radius 3 is 1.77 bits per heavy atom. The molecule has 0 aromatic heterocycles. The van der Waals surface area contributed by atoms with Crippen LogP contribution in [-0.4, -0.2) is 0 Å². The molecule has 0 spiro atoms. The first-order valence-electron chi connectivity index (χ1n) is 19.6. The maximum atomic E-state index is 2.47. The predicted molar refractivity (Wildman–Crippen MR) is 240 cm³/mol. The van der Waals surface area contributed by atoms with E-state index in [1.165, 1.54) is 87.6 Å². The highest BCUT2D eigenvalue weighted by molar-refractivity contribution is 6.30. The third-order valence-electron chi connectivity index (χ3n) is 12.2. The number of hydrogen-bond acceptors (Lipinski definition) is 1. The Balaban J connectivity index is 1.17. The van der Waals surface area contributed by atoms with Gasteiger partial charge in [0, 0.05) is 22.4 Å². The van der Waals surface area contributed by atoms with E-state index in [0.29, 0.717) is 0 Å². The fraction of sp³-hybridized carbons (Fsp3) is 0.0545. The van der Waals surface area contributed by atoms with Crippen molar-refractivity contribution in [3.05, 3.63) is 211 Å². The Kier molecular flexibility index (Phi) is 7.28. The number of para-hydroxylation sites is 1. The fourth-order valence-electron chi connectivity index (χ4n) is 9.53. The smallest absolute Gasteiger partial charge is 0.0540 e. The van der Waals surface area contributed by atoms with Crippen LogP contribution >= 0.6 is 0 Å². The minimum atomic E-state index is -0.120. The van der Waals surface area contributed by atoms with Crippen LogP contribution < -0.4 is 4.90 Å². The van der Waals surface area contributed by atoms with Gasteiger partial charge in [0.05, 0.1) is 5.69 Å². The van der Waals surface area contributed by atoms with Crippen LogP contribution in [0.1, 0.15) is 25.0 Å². The molecular weight excluding hydrogens is 675 g/mol. The Bertz CT molecular complexity index is 3170. The first-order valence-corrected chi connectivity index (χ1v) is 19.6. The van der Waals surface area contributed by atoms with Gasteiger partial charge in [0.1, 0.15) is 0 Å². The first kappa shape index (κ1) is 32.5. The van der Waals surface area contributed by atoms with E-state index in [1.54, 1.807) is 0 Å². The van der Waals surface area contributed by atoms with Crippen LogP contribution in [0.5, 0.6) is 0 Å². The molecule has 0 heterocycles. The van der Waals surface area contributed by atoms with Crippen molar-refractivity contribution in [2.24, 2.45) is 0 Å². The lowest BCUT2D eigenvalue weighted by Crippen LogP contribution is -2.17. The maximum Gasteiger partial charge on any atom is 0.0540 e. The van der Waals surface area contributed by atoms with E-state index in [2.05, 4.69) is 219 Å². The third kappa shape index (κ3) is 4.94. The van der Waals surface area contributed by atoms with Crippen LogP contribution in [0.3, 0.4) is 0 Å². The van der Waals surface area contributed by atoms with Crippen molar-refractivity contribution in [2.75, 3.05) is 4.90 Å². The largest absolute Gasteiger partial charge is 0.310 e. The average Bonchev–Trinajstić information content (AvgIpc) is 3.49. The SMILES string of the molecule is CC1(C)c2ccccc2-c2ccc(N(c3cccc(-c4cc5ccc6ccccc6c5c5c4ccc4ccccc45)c3)c3ccccc3-c3ccccc3)cc21. The molecule has 0 saturated heterocycles. The molecule has 56 heavy (non-hydrogen) atoms. The monoisotopic (exact) mass is 713 g/mol. The number of anilines is 3. The summed E-state index contributed by atoms with van der Waals surface area (Å²) in [4.78, 5) is 2.47. The molecule has 0 N–H and O–H groups in total. The summed E-state index contributed by atoms with van der Waals surface area (Å²) in [6.45, 7) is 4.73. The summed E-state index contributed by atoms with van der Waals surface area (Å²) < 4.78 is 0. The van der Waals surface area contributed by atoms with Crippen LogP contribution in [0.2, 0.25) is 0 Å². The molecule has 1 heteroatoms. The van der Waals surface area contributed by atoms with Crippen LogP contribution in [0, 0.1) is 0 Å². The van der Waals surface area contributed by atoms with E-state index in [9.17, 15) is 0 Å². The standard InChI is InChI=1S/C55H39N/c1-55(2)50-25-12-10-24-46(50)47-32-30-42(35-51(47)55)56(52-26-13-11-21-43(52)36-15-4-3-5-16-36)41-20-14-19-39(33-41)49-34-40-28-27-37-17-6-8-22-44(37)53(40)54-45-23-9-7-18-38(45)29-31-48(49)54/h3-35H,1-2H3. The van der Waals surface area contributed by atoms with Crippen molar-refractivity contribution in [3.8, 4) is 33.4 Å². The highest BCUT2D eigenvalue weighted by atomic mass is 15.1. The van der Waals surface area contributed by atoms with Gasteiger partial charge in [-0.25, -0.2) is 0 Å². The molecule has 1 aliphatic rings. The molecule has 0 fully saturated rings. The topological polar surface area (TPSA) is 3.24 Å². The molecule has 0 saturated carbocycles. The second-order valence-electron chi connectivity index (χ2n) is 15.7. The van der Waals surface area contributed by atoms with Crippen molar-refractivity contribution >= 4 is 60.2 Å². The number of nitrogens with zero attached hydrogens (tertiary/aromatic N) is 1. The molecule has 0 bridgehead atoms. The Morgan fingerprint density at radius 1 is 0.339 bits per heavy atom. The van der Waals surface area contributed by atoms with E-state index < -0.39 is 0 Å². The Morgan fingerprint density at radius 2 is 0.946 bits per heavy atom. The molecular formula is C55H39N. The summed E-state index contributed by atoms with van der Waals surface area (Å²) >= 11 is 0. The maximum absolute atomic E-state index is 2.47. The van der Waals surface area contributed by atoms with Crippen molar-refractivity contribution in [3.63, 3.8) is 0 Å². The van der Waals surface area contributed by atoms with Crippen LogP contribution in [0.4, 0.5) is 17.1 Å². The van der Waals surface area contributed by atoms with Gasteiger partial charge >= 0.3 is 0 Å². The zero-order chi connectivity index (χ0) is 37.4. The molecule has 10 aromatic rings. The molecule has 0 atom stereocenters. The quantitative estimate of drug-likeness (QED) is 0.161. The highest BCUT2D eigenvalue weighted by Crippen LogP contribution is 2.52. The molecule has 0 amide bonds. The van der Waals surface area contributed by atoms with E-state index in [4.69, 9.17) is 0 Å². The van der Waals surface area contributed by atoms with Gasteiger partial charge in [-0.3, -0.25) is 0 Å². The van der Waals surface area contributed by atoms with Crippen molar-refractivity contribution in [1.82, 2.24) is 0 Å². The predicted octanol–water partition coefficient (Wildman–Crippen LogP) is 15.4. The summed E-state index contributed by atoms with van der Waals surface area (Å²) in [5.74, 6) is 0. The van der Waals surface area contributed by atoms with Crippen LogP contribution in [0.15, 0.2) is 200 Å². The van der Waals surface area contributed by atoms with Crippen LogP contribution in [0.25, 0.3) is 76.5 Å². The summed E-state index contributed by atoms with van der Waals surface area (Å²) in [7, 11) is 0. The number of hydrogen-bond donors (Lipinski definition) is 0. The van der Waals surface area contributed by atoms with Crippen molar-refractivity contribution < 1.29 is 0 Å². The molecule has 0 aliphatic heterocycles. The number of fused-ring (bicyclic) bond motifs is 10. The molecule has 1 nitrogen and oxygen atoms in total. The normalized spacial score (nSPS) is 13.0. The second-order valence-corrected chi connectivity index (χ2v) is 15.7. The lowest BCUT2D eigenvalue weighted by molar-refractivity contribution is 0.660. The van der Waals surface area contributed by atoms with Gasteiger partial charge in [0.2, 0.25) is 0 Å². The average molecular weight is 714 g/mol. The van der Waals surface area contributed by atoms with E-state index in [-0.39, 0.29) is 5.41 Å². The minimum Gasteiger partial charge on any atom is -0.310 e. The second kappa shape index (κ2) is 12.5. The third-order valence-corrected chi connectivity index (χ3v) is 12.2. The zero-order valence-electron chi connectivity index (χ0n) is 31.5. The number of rotatable bonds is 5. The summed E-state index contributed by atoms with van der Waals surface area (Å²) in [6, 6.07) is 74.0. The van der Waals surface area contributed by atoms with Gasteiger partial charge in [-0.15, -0.1) is 0 Å². The molecule has 264 valence electrons. The molecule has 10 aromatic carbocycles. The molecule has 0 unspecified atom stereocenters. The zero-order valence-corrected chi connectivity index (χ0v) is 31.5. The van der Waals surface area contributed by atoms with Gasteiger partial charge < -0.3 is 4.90 Å². The Hall–Kier alpha value is -6.96.